The van der Waals surface area contributed by atoms with Crippen LogP contribution in [-0.4, -0.2) is 18.7 Å². The van der Waals surface area contributed by atoms with Crippen LogP contribution >= 0.6 is 11.6 Å². The molecule has 0 saturated carbocycles. The van der Waals surface area contributed by atoms with Crippen LogP contribution < -0.4 is 10.2 Å². The van der Waals surface area contributed by atoms with Crippen LogP contribution in [-0.2, 0) is 10.2 Å². The Hall–Kier alpha value is -2.33. The first kappa shape index (κ1) is 18.0. The van der Waals surface area contributed by atoms with Crippen molar-refractivity contribution in [1.82, 2.24) is 5.43 Å². The molecule has 0 spiro atoms. The molecule has 126 valence electrons. The molecule has 0 saturated heterocycles. The van der Waals surface area contributed by atoms with Crippen molar-refractivity contribution in [2.24, 2.45) is 5.10 Å². The Bertz CT molecular complexity index is 719. The van der Waals surface area contributed by atoms with Crippen molar-refractivity contribution < 1.29 is 9.53 Å². The number of nitrogens with zero attached hydrogens (tertiary/aromatic N) is 1. The monoisotopic (exact) mass is 344 g/mol. The van der Waals surface area contributed by atoms with Gasteiger partial charge >= 0.3 is 0 Å². The SMILES string of the molecule is CC(C)(C)c1ccc(C=NNC(=O)COc2cccc(Cl)c2)cc1. The van der Waals surface area contributed by atoms with Gasteiger partial charge in [-0.1, -0.05) is 62.7 Å². The maximum absolute atomic E-state index is 11.7. The van der Waals surface area contributed by atoms with Gasteiger partial charge in [0, 0.05) is 5.02 Å². The number of carbonyl (C=O) groups is 1. The minimum absolute atomic E-state index is 0.113. The molecule has 24 heavy (non-hydrogen) atoms. The van der Waals surface area contributed by atoms with Gasteiger partial charge in [0.1, 0.15) is 5.75 Å². The van der Waals surface area contributed by atoms with Crippen molar-refractivity contribution >= 4 is 23.7 Å². The standard InChI is InChI=1S/C19H21ClN2O2/c1-19(2,3)15-9-7-14(8-10-15)12-21-22-18(23)13-24-17-6-4-5-16(20)11-17/h4-12H,13H2,1-3H3,(H,22,23). The van der Waals surface area contributed by atoms with E-state index in [-0.39, 0.29) is 17.9 Å². The highest BCUT2D eigenvalue weighted by atomic mass is 35.5. The molecule has 5 heteroatoms. The number of halogens is 1. The zero-order valence-corrected chi connectivity index (χ0v) is 14.8. The zero-order valence-electron chi connectivity index (χ0n) is 14.0. The summed E-state index contributed by atoms with van der Waals surface area (Å²) >= 11 is 5.85. The number of hydrazone groups is 1. The third-order valence-electron chi connectivity index (χ3n) is 3.35. The van der Waals surface area contributed by atoms with Crippen LogP contribution in [0.4, 0.5) is 0 Å². The molecule has 1 amide bonds. The number of amides is 1. The number of hydrogen-bond acceptors (Lipinski definition) is 3. The fourth-order valence-electron chi connectivity index (χ4n) is 1.99. The molecule has 0 aliphatic carbocycles. The summed E-state index contributed by atoms with van der Waals surface area (Å²) in [6.07, 6.45) is 1.60. The van der Waals surface area contributed by atoms with Gasteiger partial charge in [-0.2, -0.15) is 5.10 Å². The van der Waals surface area contributed by atoms with Crippen LogP contribution in [0.1, 0.15) is 31.9 Å². The second-order valence-electron chi connectivity index (χ2n) is 6.41. The lowest BCUT2D eigenvalue weighted by atomic mass is 9.87. The second-order valence-corrected chi connectivity index (χ2v) is 6.85. The average molecular weight is 345 g/mol. The first-order valence-corrected chi connectivity index (χ1v) is 8.03. The van der Waals surface area contributed by atoms with Crippen LogP contribution in [0.5, 0.6) is 5.75 Å². The van der Waals surface area contributed by atoms with Gasteiger partial charge in [-0.25, -0.2) is 5.43 Å². The first-order chi connectivity index (χ1) is 11.3. The maximum atomic E-state index is 11.7. The lowest BCUT2D eigenvalue weighted by Gasteiger charge is -2.18. The minimum atomic E-state index is -0.336. The van der Waals surface area contributed by atoms with E-state index in [0.717, 1.165) is 5.56 Å². The van der Waals surface area contributed by atoms with Gasteiger partial charge in [-0.3, -0.25) is 4.79 Å². The van der Waals surface area contributed by atoms with Crippen molar-refractivity contribution in [3.8, 4) is 5.75 Å². The van der Waals surface area contributed by atoms with Gasteiger partial charge < -0.3 is 4.74 Å². The predicted molar refractivity (Wildman–Crippen MR) is 97.8 cm³/mol. The molecule has 0 heterocycles. The van der Waals surface area contributed by atoms with Crippen LogP contribution in [0.15, 0.2) is 53.6 Å². The summed E-state index contributed by atoms with van der Waals surface area (Å²) in [6.45, 7) is 6.36. The topological polar surface area (TPSA) is 50.7 Å². The third-order valence-corrected chi connectivity index (χ3v) is 3.58. The number of rotatable bonds is 5. The second kappa shape index (κ2) is 7.97. The van der Waals surface area contributed by atoms with Crippen LogP contribution in [0, 0.1) is 0 Å². The number of carbonyl (C=O) groups excluding carboxylic acids is 1. The largest absolute Gasteiger partial charge is 0.484 e. The van der Waals surface area contributed by atoms with Crippen molar-refractivity contribution in [1.29, 1.82) is 0 Å². The van der Waals surface area contributed by atoms with E-state index in [9.17, 15) is 4.79 Å². The molecule has 0 unspecified atom stereocenters. The Morgan fingerprint density at radius 3 is 2.54 bits per heavy atom. The molecule has 0 aromatic heterocycles. The summed E-state index contributed by atoms with van der Waals surface area (Å²) in [5.74, 6) is 0.205. The van der Waals surface area contributed by atoms with Crippen LogP contribution in [0.25, 0.3) is 0 Å². The van der Waals surface area contributed by atoms with E-state index in [1.165, 1.54) is 5.56 Å². The van der Waals surface area contributed by atoms with Crippen molar-refractivity contribution in [3.05, 3.63) is 64.7 Å². The van der Waals surface area contributed by atoms with Crippen molar-refractivity contribution in [2.75, 3.05) is 6.61 Å². The van der Waals surface area contributed by atoms with E-state index in [4.69, 9.17) is 16.3 Å². The summed E-state index contributed by atoms with van der Waals surface area (Å²) in [5, 5.41) is 4.49. The lowest BCUT2D eigenvalue weighted by Crippen LogP contribution is -2.24. The van der Waals surface area contributed by atoms with Gasteiger partial charge in [0.15, 0.2) is 6.61 Å². The molecule has 0 radical (unpaired) electrons. The van der Waals surface area contributed by atoms with E-state index in [0.29, 0.717) is 10.8 Å². The Morgan fingerprint density at radius 2 is 1.92 bits per heavy atom. The van der Waals surface area contributed by atoms with E-state index in [1.807, 2.05) is 12.1 Å². The smallest absolute Gasteiger partial charge is 0.277 e. The van der Waals surface area contributed by atoms with Gasteiger partial charge in [0.05, 0.1) is 6.21 Å². The van der Waals surface area contributed by atoms with Gasteiger partial charge in [0.25, 0.3) is 5.91 Å². The molecule has 0 atom stereocenters. The first-order valence-electron chi connectivity index (χ1n) is 7.65. The molecule has 1 N–H and O–H groups in total. The van der Waals surface area contributed by atoms with Gasteiger partial charge in [0.2, 0.25) is 0 Å². The van der Waals surface area contributed by atoms with E-state index in [1.54, 1.807) is 30.5 Å². The molecule has 0 aliphatic rings. The normalized spacial score (nSPS) is 11.5. The molecule has 2 rings (SSSR count). The molecule has 0 fully saturated rings. The summed E-state index contributed by atoms with van der Waals surface area (Å²) < 4.78 is 5.33. The predicted octanol–water partition coefficient (Wildman–Crippen LogP) is 4.17. The highest BCUT2D eigenvalue weighted by Crippen LogP contribution is 2.21. The van der Waals surface area contributed by atoms with E-state index in [2.05, 4.69) is 43.4 Å². The lowest BCUT2D eigenvalue weighted by molar-refractivity contribution is -0.123. The minimum Gasteiger partial charge on any atom is -0.484 e. The van der Waals surface area contributed by atoms with Crippen molar-refractivity contribution in [2.45, 2.75) is 26.2 Å². The number of hydrogen-bond donors (Lipinski definition) is 1. The molecule has 0 bridgehead atoms. The third kappa shape index (κ3) is 5.70. The average Bonchev–Trinajstić information content (AvgIpc) is 2.53. The molecular weight excluding hydrogens is 324 g/mol. The molecular formula is C19H21ClN2O2. The Kier molecular flexibility index (Phi) is 5.99. The summed E-state index contributed by atoms with van der Waals surface area (Å²) in [6, 6.07) is 14.9. The van der Waals surface area contributed by atoms with Crippen LogP contribution in [0.3, 0.4) is 0 Å². The number of nitrogens with one attached hydrogen (secondary N) is 1. The number of ether oxygens (including phenoxy) is 1. The van der Waals surface area contributed by atoms with Crippen molar-refractivity contribution in [3.63, 3.8) is 0 Å². The summed E-state index contributed by atoms with van der Waals surface area (Å²) in [5.41, 5.74) is 4.71. The molecule has 2 aromatic carbocycles. The van der Waals surface area contributed by atoms with E-state index >= 15 is 0 Å². The highest BCUT2D eigenvalue weighted by Gasteiger charge is 2.12. The van der Waals surface area contributed by atoms with E-state index < -0.39 is 0 Å². The highest BCUT2D eigenvalue weighted by molar-refractivity contribution is 6.30. The Morgan fingerprint density at radius 1 is 1.21 bits per heavy atom. The maximum Gasteiger partial charge on any atom is 0.277 e. The summed E-state index contributed by atoms with van der Waals surface area (Å²) in [4.78, 5) is 11.7. The van der Waals surface area contributed by atoms with Crippen LogP contribution in [0.2, 0.25) is 5.02 Å². The fraction of sp³-hybridized carbons (Fsp3) is 0.263. The zero-order chi connectivity index (χ0) is 17.6. The molecule has 4 nitrogen and oxygen atoms in total. The number of benzene rings is 2. The van der Waals surface area contributed by atoms with Gasteiger partial charge in [-0.05, 0) is 34.7 Å². The Labute approximate surface area is 147 Å². The summed E-state index contributed by atoms with van der Waals surface area (Å²) in [7, 11) is 0. The molecule has 0 aliphatic heterocycles. The van der Waals surface area contributed by atoms with Gasteiger partial charge in [-0.15, -0.1) is 0 Å². The Balaban J connectivity index is 1.81. The quantitative estimate of drug-likeness (QED) is 0.653. The fourth-order valence-corrected chi connectivity index (χ4v) is 2.17. The molecule has 2 aromatic rings.